The summed E-state index contributed by atoms with van der Waals surface area (Å²) in [7, 11) is 3.77. The number of benzene rings is 2. The number of halogens is 1. The second-order valence-electron chi connectivity index (χ2n) is 5.53. The van der Waals surface area contributed by atoms with Crippen LogP contribution in [0.1, 0.15) is 15.9 Å². The quantitative estimate of drug-likeness (QED) is 0.792. The van der Waals surface area contributed by atoms with Crippen molar-refractivity contribution in [3.05, 3.63) is 58.1 Å². The van der Waals surface area contributed by atoms with Crippen LogP contribution in [0.15, 0.2) is 46.9 Å². The largest absolute Gasteiger partial charge is 0.452 e. The normalized spacial score (nSPS) is 10.2. The zero-order valence-corrected chi connectivity index (χ0v) is 15.4. The molecule has 2 aromatic carbocycles. The molecule has 0 unspecified atom stereocenters. The molecule has 0 aliphatic carbocycles. The number of nitrogens with one attached hydrogen (secondary N) is 1. The SMILES string of the molecule is Cc1cc(NC(=O)COC(=O)c2cccc(N(C)C)c2)ccc1Br. The first-order valence-corrected chi connectivity index (χ1v) is 8.16. The van der Waals surface area contributed by atoms with Gasteiger partial charge < -0.3 is 15.0 Å². The highest BCUT2D eigenvalue weighted by Gasteiger charge is 2.11. The lowest BCUT2D eigenvalue weighted by molar-refractivity contribution is -0.119. The van der Waals surface area contributed by atoms with Crippen molar-refractivity contribution >= 4 is 39.2 Å². The molecule has 0 aliphatic heterocycles. The van der Waals surface area contributed by atoms with E-state index in [-0.39, 0.29) is 12.5 Å². The maximum atomic E-state index is 12.0. The number of nitrogens with zero attached hydrogens (tertiary/aromatic N) is 1. The summed E-state index contributed by atoms with van der Waals surface area (Å²) < 4.78 is 6.04. The summed E-state index contributed by atoms with van der Waals surface area (Å²) in [5.74, 6) is -0.908. The zero-order valence-electron chi connectivity index (χ0n) is 13.8. The Morgan fingerprint density at radius 3 is 2.58 bits per heavy atom. The summed E-state index contributed by atoms with van der Waals surface area (Å²) in [6, 6.07) is 12.5. The highest BCUT2D eigenvalue weighted by molar-refractivity contribution is 9.10. The third-order valence-electron chi connectivity index (χ3n) is 3.37. The molecule has 24 heavy (non-hydrogen) atoms. The Hall–Kier alpha value is -2.34. The summed E-state index contributed by atoms with van der Waals surface area (Å²) in [5.41, 5.74) is 2.96. The van der Waals surface area contributed by atoms with Crippen LogP contribution in [0, 0.1) is 6.92 Å². The lowest BCUT2D eigenvalue weighted by Gasteiger charge is -2.13. The van der Waals surface area contributed by atoms with Gasteiger partial charge in [0.2, 0.25) is 0 Å². The molecular formula is C18H19BrN2O3. The number of anilines is 2. The van der Waals surface area contributed by atoms with Crippen molar-refractivity contribution in [3.63, 3.8) is 0 Å². The van der Waals surface area contributed by atoms with Gasteiger partial charge in [-0.2, -0.15) is 0 Å². The molecule has 6 heteroatoms. The Labute approximate surface area is 149 Å². The highest BCUT2D eigenvalue weighted by Crippen LogP contribution is 2.20. The van der Waals surface area contributed by atoms with Crippen LogP contribution in [0.5, 0.6) is 0 Å². The molecule has 0 heterocycles. The second kappa shape index (κ2) is 7.97. The smallest absolute Gasteiger partial charge is 0.338 e. The number of esters is 1. The molecular weight excluding hydrogens is 372 g/mol. The van der Waals surface area contributed by atoms with Gasteiger partial charge in [0.25, 0.3) is 5.91 Å². The van der Waals surface area contributed by atoms with Crippen LogP contribution in [0.2, 0.25) is 0 Å². The zero-order chi connectivity index (χ0) is 17.7. The molecule has 1 N–H and O–H groups in total. The van der Waals surface area contributed by atoms with E-state index in [9.17, 15) is 9.59 Å². The monoisotopic (exact) mass is 390 g/mol. The van der Waals surface area contributed by atoms with E-state index in [0.717, 1.165) is 15.7 Å². The van der Waals surface area contributed by atoms with E-state index in [0.29, 0.717) is 11.3 Å². The van der Waals surface area contributed by atoms with Gasteiger partial charge in [0.1, 0.15) is 0 Å². The van der Waals surface area contributed by atoms with E-state index in [1.807, 2.05) is 44.1 Å². The van der Waals surface area contributed by atoms with Crippen LogP contribution < -0.4 is 10.2 Å². The standard InChI is InChI=1S/C18H19BrN2O3/c1-12-9-14(7-8-16(12)19)20-17(22)11-24-18(23)13-5-4-6-15(10-13)21(2)3/h4-10H,11H2,1-3H3,(H,20,22). The van der Waals surface area contributed by atoms with Crippen molar-refractivity contribution in [2.24, 2.45) is 0 Å². The maximum absolute atomic E-state index is 12.0. The fourth-order valence-electron chi connectivity index (χ4n) is 2.05. The van der Waals surface area contributed by atoms with Crippen LogP contribution in [-0.2, 0) is 9.53 Å². The van der Waals surface area contributed by atoms with Crippen molar-refractivity contribution < 1.29 is 14.3 Å². The van der Waals surface area contributed by atoms with Gasteiger partial charge >= 0.3 is 5.97 Å². The number of ether oxygens (including phenoxy) is 1. The molecule has 0 aromatic heterocycles. The van der Waals surface area contributed by atoms with Crippen LogP contribution in [0.3, 0.4) is 0 Å². The predicted octanol–water partition coefficient (Wildman–Crippen LogP) is 3.62. The molecule has 1 amide bonds. The summed E-state index contributed by atoms with van der Waals surface area (Å²) in [5, 5.41) is 2.70. The van der Waals surface area contributed by atoms with Crippen molar-refractivity contribution in [2.45, 2.75) is 6.92 Å². The van der Waals surface area contributed by atoms with Crippen LogP contribution in [-0.4, -0.2) is 32.6 Å². The van der Waals surface area contributed by atoms with Gasteiger partial charge in [0.15, 0.2) is 6.61 Å². The van der Waals surface area contributed by atoms with Gasteiger partial charge in [-0.25, -0.2) is 4.79 Å². The molecule has 0 aliphatic rings. The number of amides is 1. The molecule has 126 valence electrons. The minimum absolute atomic E-state index is 0.333. The molecule has 0 saturated heterocycles. The highest BCUT2D eigenvalue weighted by atomic mass is 79.9. The molecule has 0 bridgehead atoms. The summed E-state index contributed by atoms with van der Waals surface area (Å²) in [4.78, 5) is 25.8. The summed E-state index contributed by atoms with van der Waals surface area (Å²) in [6.45, 7) is 1.59. The third kappa shape index (κ3) is 4.83. The average molecular weight is 391 g/mol. The molecule has 0 saturated carbocycles. The second-order valence-corrected chi connectivity index (χ2v) is 6.39. The van der Waals surface area contributed by atoms with E-state index in [4.69, 9.17) is 4.74 Å². The maximum Gasteiger partial charge on any atom is 0.338 e. The minimum Gasteiger partial charge on any atom is -0.452 e. The summed E-state index contributed by atoms with van der Waals surface area (Å²) in [6.07, 6.45) is 0. The lowest BCUT2D eigenvalue weighted by Crippen LogP contribution is -2.21. The average Bonchev–Trinajstić information content (AvgIpc) is 2.56. The predicted molar refractivity (Wildman–Crippen MR) is 98.6 cm³/mol. The Bertz CT molecular complexity index is 760. The number of aryl methyl sites for hydroxylation is 1. The van der Waals surface area contributed by atoms with E-state index < -0.39 is 5.97 Å². The van der Waals surface area contributed by atoms with Crippen molar-refractivity contribution in [2.75, 3.05) is 30.9 Å². The number of hydrogen-bond acceptors (Lipinski definition) is 4. The van der Waals surface area contributed by atoms with Crippen molar-refractivity contribution in [3.8, 4) is 0 Å². The van der Waals surface area contributed by atoms with Gasteiger partial charge in [-0.3, -0.25) is 4.79 Å². The van der Waals surface area contributed by atoms with E-state index in [1.165, 1.54) is 0 Å². The van der Waals surface area contributed by atoms with Gasteiger partial charge in [-0.15, -0.1) is 0 Å². The first-order valence-electron chi connectivity index (χ1n) is 7.37. The molecule has 0 spiro atoms. The third-order valence-corrected chi connectivity index (χ3v) is 4.26. The van der Waals surface area contributed by atoms with Gasteiger partial charge in [0.05, 0.1) is 5.56 Å². The molecule has 2 aromatic rings. The Balaban J connectivity index is 1.92. The Morgan fingerprint density at radius 2 is 1.92 bits per heavy atom. The van der Waals surface area contributed by atoms with Gasteiger partial charge in [-0.05, 0) is 48.9 Å². The number of rotatable bonds is 5. The Kier molecular flexibility index (Phi) is 5.98. The molecule has 2 rings (SSSR count). The van der Waals surface area contributed by atoms with Crippen LogP contribution in [0.25, 0.3) is 0 Å². The van der Waals surface area contributed by atoms with Crippen LogP contribution >= 0.6 is 15.9 Å². The molecule has 0 radical (unpaired) electrons. The van der Waals surface area contributed by atoms with E-state index in [2.05, 4.69) is 21.2 Å². The van der Waals surface area contributed by atoms with Gasteiger partial charge in [-0.1, -0.05) is 22.0 Å². The minimum atomic E-state index is -0.527. The van der Waals surface area contributed by atoms with E-state index >= 15 is 0 Å². The van der Waals surface area contributed by atoms with Crippen LogP contribution in [0.4, 0.5) is 11.4 Å². The molecule has 5 nitrogen and oxygen atoms in total. The first kappa shape index (κ1) is 18.0. The fourth-order valence-corrected chi connectivity index (χ4v) is 2.29. The summed E-state index contributed by atoms with van der Waals surface area (Å²) >= 11 is 3.40. The molecule has 0 atom stereocenters. The first-order chi connectivity index (χ1) is 11.4. The number of carbonyl (C=O) groups is 2. The lowest BCUT2D eigenvalue weighted by atomic mass is 10.2. The Morgan fingerprint density at radius 1 is 1.17 bits per heavy atom. The van der Waals surface area contributed by atoms with Crippen molar-refractivity contribution in [1.82, 2.24) is 0 Å². The topological polar surface area (TPSA) is 58.6 Å². The van der Waals surface area contributed by atoms with Gasteiger partial charge in [0, 0.05) is 29.9 Å². The fraction of sp³-hybridized carbons (Fsp3) is 0.222. The number of carbonyl (C=O) groups excluding carboxylic acids is 2. The number of hydrogen-bond donors (Lipinski definition) is 1. The van der Waals surface area contributed by atoms with Crippen molar-refractivity contribution in [1.29, 1.82) is 0 Å². The molecule has 0 fully saturated rings. The van der Waals surface area contributed by atoms with E-state index in [1.54, 1.807) is 24.3 Å².